The SMILES string of the molecule is CCNC(=NCc1ccc(C)s1)NCCCN1C(=O)NC(C)(CC)C1=O. The topological polar surface area (TPSA) is 85.8 Å². The first kappa shape index (κ1) is 20.2. The molecule has 1 aliphatic heterocycles. The van der Waals surface area contributed by atoms with E-state index in [4.69, 9.17) is 0 Å². The highest BCUT2D eigenvalue weighted by molar-refractivity contribution is 7.11. The zero-order chi connectivity index (χ0) is 19.2. The molecule has 26 heavy (non-hydrogen) atoms. The minimum absolute atomic E-state index is 0.140. The van der Waals surface area contributed by atoms with E-state index in [0.29, 0.717) is 32.5 Å². The van der Waals surface area contributed by atoms with E-state index >= 15 is 0 Å². The van der Waals surface area contributed by atoms with Gasteiger partial charge in [-0.25, -0.2) is 9.79 Å². The Morgan fingerprint density at radius 1 is 1.31 bits per heavy atom. The van der Waals surface area contributed by atoms with Gasteiger partial charge in [0.2, 0.25) is 0 Å². The van der Waals surface area contributed by atoms with Gasteiger partial charge in [-0.1, -0.05) is 6.92 Å². The van der Waals surface area contributed by atoms with Gasteiger partial charge < -0.3 is 16.0 Å². The van der Waals surface area contributed by atoms with Crippen molar-refractivity contribution in [1.29, 1.82) is 0 Å². The molecule has 144 valence electrons. The van der Waals surface area contributed by atoms with E-state index in [1.54, 1.807) is 18.3 Å². The van der Waals surface area contributed by atoms with Crippen LogP contribution in [0.25, 0.3) is 0 Å². The minimum Gasteiger partial charge on any atom is -0.357 e. The molecular weight excluding hydrogens is 350 g/mol. The Kier molecular flexibility index (Phi) is 7.02. The van der Waals surface area contributed by atoms with Gasteiger partial charge in [0.1, 0.15) is 5.54 Å². The summed E-state index contributed by atoms with van der Waals surface area (Å²) in [6.45, 7) is 10.2. The van der Waals surface area contributed by atoms with Crippen LogP contribution in [-0.2, 0) is 11.3 Å². The molecule has 3 amide bonds. The Labute approximate surface area is 159 Å². The van der Waals surface area contributed by atoms with E-state index in [-0.39, 0.29) is 11.9 Å². The van der Waals surface area contributed by atoms with Crippen LogP contribution in [0.1, 0.15) is 43.4 Å². The van der Waals surface area contributed by atoms with Gasteiger partial charge >= 0.3 is 6.03 Å². The molecule has 1 unspecified atom stereocenters. The predicted molar refractivity (Wildman–Crippen MR) is 105 cm³/mol. The molecule has 0 spiro atoms. The van der Waals surface area contributed by atoms with E-state index in [1.165, 1.54) is 14.7 Å². The first-order valence-corrected chi connectivity index (χ1v) is 9.93. The largest absolute Gasteiger partial charge is 0.357 e. The molecule has 3 N–H and O–H groups in total. The lowest BCUT2D eigenvalue weighted by Gasteiger charge is -2.19. The van der Waals surface area contributed by atoms with Crippen LogP contribution < -0.4 is 16.0 Å². The van der Waals surface area contributed by atoms with Crippen LogP contribution >= 0.6 is 11.3 Å². The van der Waals surface area contributed by atoms with Gasteiger partial charge in [0.25, 0.3) is 5.91 Å². The van der Waals surface area contributed by atoms with E-state index in [9.17, 15) is 9.59 Å². The second kappa shape index (κ2) is 9.02. The highest BCUT2D eigenvalue weighted by Crippen LogP contribution is 2.20. The maximum atomic E-state index is 12.3. The number of nitrogens with one attached hydrogen (secondary N) is 3. The number of hydrogen-bond acceptors (Lipinski definition) is 4. The normalized spacial score (nSPS) is 20.5. The molecule has 1 aromatic rings. The third-order valence-electron chi connectivity index (χ3n) is 4.44. The predicted octanol–water partition coefficient (Wildman–Crippen LogP) is 2.22. The van der Waals surface area contributed by atoms with Crippen molar-refractivity contribution in [2.75, 3.05) is 19.6 Å². The molecule has 2 heterocycles. The fourth-order valence-electron chi connectivity index (χ4n) is 2.70. The Balaban J connectivity index is 1.81. The van der Waals surface area contributed by atoms with Crippen LogP contribution in [0.5, 0.6) is 0 Å². The van der Waals surface area contributed by atoms with Crippen molar-refractivity contribution >= 4 is 29.2 Å². The zero-order valence-electron chi connectivity index (χ0n) is 16.0. The van der Waals surface area contributed by atoms with Crippen LogP contribution in [0.15, 0.2) is 17.1 Å². The molecule has 2 rings (SSSR count). The van der Waals surface area contributed by atoms with Crippen molar-refractivity contribution < 1.29 is 9.59 Å². The number of thiophene rings is 1. The molecule has 1 aliphatic rings. The van der Waals surface area contributed by atoms with Gasteiger partial charge in [0.05, 0.1) is 6.54 Å². The lowest BCUT2D eigenvalue weighted by atomic mass is 9.99. The van der Waals surface area contributed by atoms with Crippen molar-refractivity contribution in [2.24, 2.45) is 4.99 Å². The molecular formula is C18H29N5O2S. The standard InChI is InChI=1S/C18H29N5O2S/c1-5-18(4)15(24)23(17(25)22-18)11-7-10-20-16(19-6-2)21-12-14-9-8-13(3)26-14/h8-9H,5-7,10-12H2,1-4H3,(H,22,25)(H2,19,20,21). The van der Waals surface area contributed by atoms with Gasteiger partial charge in [-0.15, -0.1) is 11.3 Å². The fourth-order valence-corrected chi connectivity index (χ4v) is 3.52. The number of aliphatic imine (C=N–C) groups is 1. The lowest BCUT2D eigenvalue weighted by molar-refractivity contribution is -0.130. The first-order chi connectivity index (χ1) is 12.4. The molecule has 0 aromatic carbocycles. The molecule has 0 bridgehead atoms. The number of hydrogen-bond donors (Lipinski definition) is 3. The number of nitrogens with zero attached hydrogens (tertiary/aromatic N) is 2. The summed E-state index contributed by atoms with van der Waals surface area (Å²) in [4.78, 5) is 32.7. The van der Waals surface area contributed by atoms with Crippen molar-refractivity contribution in [2.45, 2.75) is 52.6 Å². The fraction of sp³-hybridized carbons (Fsp3) is 0.611. The van der Waals surface area contributed by atoms with Crippen molar-refractivity contribution in [1.82, 2.24) is 20.9 Å². The third-order valence-corrected chi connectivity index (χ3v) is 5.42. The Morgan fingerprint density at radius 3 is 2.65 bits per heavy atom. The highest BCUT2D eigenvalue weighted by Gasteiger charge is 2.45. The smallest absolute Gasteiger partial charge is 0.325 e. The van der Waals surface area contributed by atoms with Gasteiger partial charge in [-0.3, -0.25) is 9.69 Å². The van der Waals surface area contributed by atoms with Gasteiger partial charge in [-0.05, 0) is 45.7 Å². The van der Waals surface area contributed by atoms with Gasteiger partial charge in [0, 0.05) is 29.4 Å². The average Bonchev–Trinajstić information content (AvgIpc) is 3.12. The minimum atomic E-state index is -0.764. The highest BCUT2D eigenvalue weighted by atomic mass is 32.1. The summed E-state index contributed by atoms with van der Waals surface area (Å²) in [5.41, 5.74) is -0.764. The summed E-state index contributed by atoms with van der Waals surface area (Å²) in [7, 11) is 0. The monoisotopic (exact) mass is 379 g/mol. The number of amides is 3. The third kappa shape index (κ3) is 4.97. The van der Waals surface area contributed by atoms with Crippen LogP contribution in [0.4, 0.5) is 4.79 Å². The lowest BCUT2D eigenvalue weighted by Crippen LogP contribution is -2.43. The Hall–Kier alpha value is -2.09. The summed E-state index contributed by atoms with van der Waals surface area (Å²) < 4.78 is 0. The van der Waals surface area contributed by atoms with E-state index < -0.39 is 5.54 Å². The number of aryl methyl sites for hydroxylation is 1. The van der Waals surface area contributed by atoms with Crippen molar-refractivity contribution in [3.8, 4) is 0 Å². The number of imide groups is 1. The maximum absolute atomic E-state index is 12.3. The number of carbonyl (C=O) groups is 2. The van der Waals surface area contributed by atoms with Gasteiger partial charge in [0.15, 0.2) is 5.96 Å². The number of rotatable bonds is 8. The summed E-state index contributed by atoms with van der Waals surface area (Å²) in [5.74, 6) is 0.604. The summed E-state index contributed by atoms with van der Waals surface area (Å²) in [6, 6.07) is 3.89. The van der Waals surface area contributed by atoms with E-state index in [0.717, 1.165) is 12.5 Å². The quantitative estimate of drug-likeness (QED) is 0.280. The molecule has 1 saturated heterocycles. The molecule has 8 heteroatoms. The second-order valence-electron chi connectivity index (χ2n) is 6.56. The molecule has 1 fully saturated rings. The van der Waals surface area contributed by atoms with E-state index in [2.05, 4.69) is 40.0 Å². The van der Waals surface area contributed by atoms with E-state index in [1.807, 2.05) is 13.8 Å². The molecule has 0 aliphatic carbocycles. The summed E-state index contributed by atoms with van der Waals surface area (Å²) >= 11 is 1.74. The van der Waals surface area contributed by atoms with Crippen LogP contribution in [0.3, 0.4) is 0 Å². The van der Waals surface area contributed by atoms with Crippen molar-refractivity contribution in [3.05, 3.63) is 21.9 Å². The average molecular weight is 380 g/mol. The molecule has 7 nitrogen and oxygen atoms in total. The zero-order valence-corrected chi connectivity index (χ0v) is 16.8. The molecule has 1 aromatic heterocycles. The summed E-state index contributed by atoms with van der Waals surface area (Å²) in [5, 5.41) is 9.24. The van der Waals surface area contributed by atoms with Crippen LogP contribution in [-0.4, -0.2) is 48.0 Å². The summed E-state index contributed by atoms with van der Waals surface area (Å²) in [6.07, 6.45) is 1.26. The molecule has 0 saturated carbocycles. The number of urea groups is 1. The van der Waals surface area contributed by atoms with Gasteiger partial charge in [-0.2, -0.15) is 0 Å². The first-order valence-electron chi connectivity index (χ1n) is 9.11. The maximum Gasteiger partial charge on any atom is 0.325 e. The molecule has 1 atom stereocenters. The second-order valence-corrected chi connectivity index (χ2v) is 7.93. The Bertz CT molecular complexity index is 672. The number of guanidine groups is 1. The molecule has 0 radical (unpaired) electrons. The van der Waals surface area contributed by atoms with Crippen molar-refractivity contribution in [3.63, 3.8) is 0 Å². The number of carbonyl (C=O) groups excluding carboxylic acids is 2. The van der Waals surface area contributed by atoms with Crippen LogP contribution in [0.2, 0.25) is 0 Å². The Morgan fingerprint density at radius 2 is 2.08 bits per heavy atom. The van der Waals surface area contributed by atoms with Crippen LogP contribution in [0, 0.1) is 6.92 Å².